The molecule has 0 aromatic heterocycles. The third-order valence-corrected chi connectivity index (χ3v) is 3.39. The van der Waals surface area contributed by atoms with Crippen LogP contribution in [0.4, 0.5) is 10.1 Å². The van der Waals surface area contributed by atoms with E-state index in [1.165, 1.54) is 11.0 Å². The molecule has 1 saturated heterocycles. The van der Waals surface area contributed by atoms with E-state index in [9.17, 15) is 14.0 Å². The zero-order chi connectivity index (χ0) is 14.2. The Balaban J connectivity index is 2.47. The van der Waals surface area contributed by atoms with Crippen molar-refractivity contribution >= 4 is 17.5 Å². The van der Waals surface area contributed by atoms with Crippen LogP contribution in [-0.2, 0) is 9.59 Å². The molecule has 2 amide bonds. The molecule has 19 heavy (non-hydrogen) atoms. The van der Waals surface area contributed by atoms with Crippen molar-refractivity contribution < 1.29 is 14.0 Å². The fourth-order valence-corrected chi connectivity index (χ4v) is 2.24. The van der Waals surface area contributed by atoms with Crippen molar-refractivity contribution in [1.82, 2.24) is 5.32 Å². The predicted molar refractivity (Wildman–Crippen MR) is 70.3 cm³/mol. The molecular formula is C14H17FN2O2. The summed E-state index contributed by atoms with van der Waals surface area (Å²) in [4.78, 5) is 25.4. The predicted octanol–water partition coefficient (Wildman–Crippen LogP) is 1.76. The first-order valence-corrected chi connectivity index (χ1v) is 6.35. The van der Waals surface area contributed by atoms with Crippen molar-refractivity contribution in [3.05, 3.63) is 29.6 Å². The first kappa shape index (κ1) is 13.5. The molecule has 1 N–H and O–H groups in total. The lowest BCUT2D eigenvalue weighted by Crippen LogP contribution is -2.62. The van der Waals surface area contributed by atoms with E-state index in [2.05, 4.69) is 5.32 Å². The van der Waals surface area contributed by atoms with Crippen molar-refractivity contribution in [2.75, 3.05) is 4.90 Å². The highest BCUT2D eigenvalue weighted by Crippen LogP contribution is 2.26. The minimum atomic E-state index is -0.702. The van der Waals surface area contributed by atoms with E-state index in [-0.39, 0.29) is 17.5 Å². The molecule has 2 atom stereocenters. The second-order valence-corrected chi connectivity index (χ2v) is 4.81. The van der Waals surface area contributed by atoms with Crippen LogP contribution in [0.1, 0.15) is 25.8 Å². The molecule has 2 rings (SSSR count). The topological polar surface area (TPSA) is 49.4 Å². The maximum absolute atomic E-state index is 13.9. The van der Waals surface area contributed by atoms with E-state index in [0.717, 1.165) is 5.56 Å². The first-order chi connectivity index (χ1) is 8.95. The summed E-state index contributed by atoms with van der Waals surface area (Å²) >= 11 is 0. The van der Waals surface area contributed by atoms with E-state index in [0.29, 0.717) is 6.42 Å². The molecule has 102 valence electrons. The first-order valence-electron chi connectivity index (χ1n) is 6.35. The van der Waals surface area contributed by atoms with E-state index in [4.69, 9.17) is 0 Å². The molecule has 0 bridgehead atoms. The molecular weight excluding hydrogens is 247 g/mol. The summed E-state index contributed by atoms with van der Waals surface area (Å²) in [5.74, 6) is -1.01. The molecule has 4 nitrogen and oxygen atoms in total. The van der Waals surface area contributed by atoms with E-state index in [1.54, 1.807) is 19.1 Å². The summed E-state index contributed by atoms with van der Waals surface area (Å²) < 4.78 is 13.9. The number of amides is 2. The molecule has 0 aliphatic carbocycles. The van der Waals surface area contributed by atoms with Gasteiger partial charge in [0.1, 0.15) is 17.9 Å². The quantitative estimate of drug-likeness (QED) is 0.885. The van der Waals surface area contributed by atoms with Gasteiger partial charge in [-0.3, -0.25) is 14.5 Å². The number of hydrogen-bond donors (Lipinski definition) is 1. The van der Waals surface area contributed by atoms with E-state index >= 15 is 0 Å². The SMILES string of the molecule is CCC1NC(=O)C(C)N(c2cc(C)ccc2F)C1=O. The Morgan fingerprint density at radius 3 is 2.68 bits per heavy atom. The van der Waals surface area contributed by atoms with Crippen LogP contribution in [0, 0.1) is 12.7 Å². The fraction of sp³-hybridized carbons (Fsp3) is 0.429. The smallest absolute Gasteiger partial charge is 0.250 e. The van der Waals surface area contributed by atoms with Gasteiger partial charge >= 0.3 is 0 Å². The maximum atomic E-state index is 13.9. The molecule has 1 aliphatic rings. The number of hydrogen-bond acceptors (Lipinski definition) is 2. The number of carbonyl (C=O) groups is 2. The highest BCUT2D eigenvalue weighted by Gasteiger charge is 2.39. The number of benzene rings is 1. The van der Waals surface area contributed by atoms with Crippen molar-refractivity contribution in [3.63, 3.8) is 0 Å². The number of carbonyl (C=O) groups excluding carboxylic acids is 2. The summed E-state index contributed by atoms with van der Waals surface area (Å²) in [7, 11) is 0. The van der Waals surface area contributed by atoms with Crippen molar-refractivity contribution in [3.8, 4) is 0 Å². The molecule has 1 aromatic carbocycles. The van der Waals surface area contributed by atoms with Gasteiger partial charge in [0.05, 0.1) is 5.69 Å². The van der Waals surface area contributed by atoms with Crippen LogP contribution in [0.5, 0.6) is 0 Å². The largest absolute Gasteiger partial charge is 0.343 e. The molecule has 1 aliphatic heterocycles. The average molecular weight is 264 g/mol. The fourth-order valence-electron chi connectivity index (χ4n) is 2.24. The van der Waals surface area contributed by atoms with Gasteiger partial charge in [-0.2, -0.15) is 0 Å². The Bertz CT molecular complexity index is 530. The lowest BCUT2D eigenvalue weighted by Gasteiger charge is -2.37. The normalized spacial score (nSPS) is 23.5. The molecule has 0 radical (unpaired) electrons. The average Bonchev–Trinajstić information content (AvgIpc) is 2.38. The Hall–Kier alpha value is -1.91. The zero-order valence-electron chi connectivity index (χ0n) is 11.2. The highest BCUT2D eigenvalue weighted by atomic mass is 19.1. The van der Waals surface area contributed by atoms with E-state index in [1.807, 2.05) is 13.8 Å². The molecule has 1 fully saturated rings. The van der Waals surface area contributed by atoms with Crippen molar-refractivity contribution in [1.29, 1.82) is 0 Å². The zero-order valence-corrected chi connectivity index (χ0v) is 11.2. The standard InChI is InChI=1S/C14H17FN2O2/c1-4-11-14(19)17(9(3)13(18)16-11)12-7-8(2)5-6-10(12)15/h5-7,9,11H,4H2,1-3H3,(H,16,18). The van der Waals surface area contributed by atoms with Crippen LogP contribution in [0.2, 0.25) is 0 Å². The molecule has 1 aromatic rings. The number of anilines is 1. The monoisotopic (exact) mass is 264 g/mol. The second kappa shape index (κ2) is 4.99. The van der Waals surface area contributed by atoms with Gasteiger partial charge in [0.15, 0.2) is 0 Å². The second-order valence-electron chi connectivity index (χ2n) is 4.81. The lowest BCUT2D eigenvalue weighted by molar-refractivity contribution is -0.133. The Morgan fingerprint density at radius 1 is 1.37 bits per heavy atom. The van der Waals surface area contributed by atoms with Gasteiger partial charge in [-0.25, -0.2) is 4.39 Å². The number of rotatable bonds is 2. The van der Waals surface area contributed by atoms with Gasteiger partial charge in [-0.1, -0.05) is 13.0 Å². The molecule has 5 heteroatoms. The number of piperazine rings is 1. The molecule has 0 spiro atoms. The van der Waals surface area contributed by atoms with E-state index < -0.39 is 17.9 Å². The minimum absolute atomic E-state index is 0.172. The number of nitrogens with zero attached hydrogens (tertiary/aromatic N) is 1. The molecule has 0 saturated carbocycles. The van der Waals surface area contributed by atoms with Gasteiger partial charge in [0.25, 0.3) is 0 Å². The van der Waals surface area contributed by atoms with Crippen LogP contribution in [-0.4, -0.2) is 23.9 Å². The van der Waals surface area contributed by atoms with Crippen LogP contribution in [0.3, 0.4) is 0 Å². The maximum Gasteiger partial charge on any atom is 0.250 e. The van der Waals surface area contributed by atoms with Gasteiger partial charge in [0.2, 0.25) is 11.8 Å². The Labute approximate surface area is 111 Å². The van der Waals surface area contributed by atoms with Gasteiger partial charge in [-0.15, -0.1) is 0 Å². The van der Waals surface area contributed by atoms with Crippen molar-refractivity contribution in [2.45, 2.75) is 39.3 Å². The third kappa shape index (κ3) is 2.32. The summed E-state index contributed by atoms with van der Waals surface area (Å²) in [6.07, 6.45) is 0.487. The number of aryl methyl sites for hydroxylation is 1. The van der Waals surface area contributed by atoms with Gasteiger partial charge in [0, 0.05) is 0 Å². The third-order valence-electron chi connectivity index (χ3n) is 3.39. The highest BCUT2D eigenvalue weighted by molar-refractivity contribution is 6.08. The summed E-state index contributed by atoms with van der Waals surface area (Å²) in [5.41, 5.74) is 1.02. The van der Waals surface area contributed by atoms with Crippen LogP contribution < -0.4 is 10.2 Å². The summed E-state index contributed by atoms with van der Waals surface area (Å²) in [5, 5.41) is 2.65. The molecule has 2 unspecified atom stereocenters. The van der Waals surface area contributed by atoms with Crippen LogP contribution in [0.25, 0.3) is 0 Å². The van der Waals surface area contributed by atoms with Crippen LogP contribution >= 0.6 is 0 Å². The Morgan fingerprint density at radius 2 is 2.05 bits per heavy atom. The minimum Gasteiger partial charge on any atom is -0.343 e. The van der Waals surface area contributed by atoms with Crippen LogP contribution in [0.15, 0.2) is 18.2 Å². The Kier molecular flexibility index (Phi) is 3.55. The van der Waals surface area contributed by atoms with Gasteiger partial charge < -0.3 is 5.32 Å². The molecule has 1 heterocycles. The summed E-state index contributed by atoms with van der Waals surface area (Å²) in [6.45, 7) is 5.23. The van der Waals surface area contributed by atoms with Gasteiger partial charge in [-0.05, 0) is 38.0 Å². The lowest BCUT2D eigenvalue weighted by atomic mass is 10.0. The number of nitrogens with one attached hydrogen (secondary N) is 1. The number of halogens is 1. The van der Waals surface area contributed by atoms with Crippen molar-refractivity contribution in [2.24, 2.45) is 0 Å². The summed E-state index contributed by atoms with van der Waals surface area (Å²) in [6, 6.07) is 3.26.